The second-order valence-electron chi connectivity index (χ2n) is 8.41. The molecule has 1 heterocycles. The molecule has 2 N–H and O–H groups in total. The molecule has 0 aliphatic heterocycles. The number of benzene rings is 1. The molecule has 0 spiro atoms. The van der Waals surface area contributed by atoms with E-state index in [9.17, 15) is 19.8 Å². The topological polar surface area (TPSA) is 109 Å². The van der Waals surface area contributed by atoms with E-state index >= 15 is 0 Å². The highest BCUT2D eigenvalue weighted by atomic mass is 16.6. The first kappa shape index (κ1) is 22.3. The zero-order valence-corrected chi connectivity index (χ0v) is 17.5. The second kappa shape index (κ2) is 8.16. The van der Waals surface area contributed by atoms with Crippen LogP contribution in [-0.4, -0.2) is 33.6 Å². The van der Waals surface area contributed by atoms with E-state index in [1.54, 1.807) is 47.6 Å². The molecule has 0 radical (unpaired) electrons. The van der Waals surface area contributed by atoms with E-state index in [2.05, 4.69) is 0 Å². The Hall–Kier alpha value is -3.00. The Morgan fingerprint density at radius 2 is 1.52 bits per heavy atom. The lowest BCUT2D eigenvalue weighted by atomic mass is 10.0. The van der Waals surface area contributed by atoms with E-state index in [-0.39, 0.29) is 23.8 Å². The van der Waals surface area contributed by atoms with Crippen molar-refractivity contribution in [2.75, 3.05) is 4.90 Å². The summed E-state index contributed by atoms with van der Waals surface area (Å²) in [4.78, 5) is 26.1. The van der Waals surface area contributed by atoms with Crippen LogP contribution < -0.4 is 4.90 Å². The van der Waals surface area contributed by atoms with Crippen LogP contribution in [0.15, 0.2) is 34.9 Å². The molecular formula is C21H27NO7. The summed E-state index contributed by atoms with van der Waals surface area (Å²) in [5, 5.41) is 19.9. The van der Waals surface area contributed by atoms with Gasteiger partial charge in [-0.2, -0.15) is 4.90 Å². The number of amides is 2. The number of aromatic hydroxyl groups is 1. The third-order valence-electron chi connectivity index (χ3n) is 3.57. The summed E-state index contributed by atoms with van der Waals surface area (Å²) in [6.07, 6.45) is -0.474. The molecule has 2 aromatic rings. The van der Waals surface area contributed by atoms with Gasteiger partial charge in [0.25, 0.3) is 0 Å². The number of phenols is 1. The van der Waals surface area contributed by atoms with Crippen molar-refractivity contribution in [2.45, 2.75) is 59.4 Å². The van der Waals surface area contributed by atoms with E-state index in [4.69, 9.17) is 13.9 Å². The van der Waals surface area contributed by atoms with E-state index in [0.717, 1.165) is 4.90 Å². The second-order valence-corrected chi connectivity index (χ2v) is 8.41. The van der Waals surface area contributed by atoms with Gasteiger partial charge in [-0.3, -0.25) is 0 Å². The van der Waals surface area contributed by atoms with E-state index in [1.165, 1.54) is 24.5 Å². The molecule has 0 saturated heterocycles. The van der Waals surface area contributed by atoms with Gasteiger partial charge in [0.15, 0.2) is 0 Å². The maximum atomic E-state index is 12.7. The first-order chi connectivity index (χ1) is 13.3. The number of furan rings is 1. The smallest absolute Gasteiger partial charge is 0.424 e. The molecule has 2 amide bonds. The molecule has 0 unspecified atom stereocenters. The molecule has 8 nitrogen and oxygen atoms in total. The summed E-state index contributed by atoms with van der Waals surface area (Å²) in [7, 11) is 0. The average molecular weight is 405 g/mol. The van der Waals surface area contributed by atoms with E-state index in [1.807, 2.05) is 0 Å². The zero-order valence-electron chi connectivity index (χ0n) is 17.5. The van der Waals surface area contributed by atoms with Gasteiger partial charge in [-0.15, -0.1) is 0 Å². The summed E-state index contributed by atoms with van der Waals surface area (Å²) in [6, 6.07) is 5.82. The lowest BCUT2D eigenvalue weighted by Crippen LogP contribution is -2.43. The monoisotopic (exact) mass is 405 g/mol. The molecule has 0 saturated carbocycles. The van der Waals surface area contributed by atoms with Gasteiger partial charge in [-0.05, 0) is 59.7 Å². The Morgan fingerprint density at radius 3 is 1.97 bits per heavy atom. The molecule has 0 aliphatic carbocycles. The van der Waals surface area contributed by atoms with Crippen molar-refractivity contribution in [3.63, 3.8) is 0 Å². The SMILES string of the molecule is CC(C)(C)OC(=O)N(C(=O)OC(C)(C)C)c1ccc(-c2ccoc2CO)c(O)c1. The lowest BCUT2D eigenvalue weighted by molar-refractivity contribution is 0.0431. The van der Waals surface area contributed by atoms with Crippen LogP contribution in [0.25, 0.3) is 11.1 Å². The highest BCUT2D eigenvalue weighted by Crippen LogP contribution is 2.36. The number of ether oxygens (including phenoxy) is 2. The number of aliphatic hydroxyl groups excluding tert-OH is 1. The van der Waals surface area contributed by atoms with Crippen molar-refractivity contribution in [2.24, 2.45) is 0 Å². The first-order valence-electron chi connectivity index (χ1n) is 9.09. The number of hydrogen-bond donors (Lipinski definition) is 2. The minimum absolute atomic E-state index is 0.0730. The maximum Gasteiger partial charge on any atom is 0.424 e. The summed E-state index contributed by atoms with van der Waals surface area (Å²) in [5.41, 5.74) is -0.737. The normalized spacial score (nSPS) is 11.8. The summed E-state index contributed by atoms with van der Waals surface area (Å²) in [6.45, 7) is 9.71. The van der Waals surface area contributed by atoms with Gasteiger partial charge in [0.05, 0.1) is 12.0 Å². The molecule has 0 aliphatic rings. The highest BCUT2D eigenvalue weighted by molar-refractivity contribution is 6.09. The van der Waals surface area contributed by atoms with Crippen molar-refractivity contribution in [3.8, 4) is 16.9 Å². The van der Waals surface area contributed by atoms with Gasteiger partial charge in [-0.25, -0.2) is 9.59 Å². The maximum absolute atomic E-state index is 12.7. The summed E-state index contributed by atoms with van der Waals surface area (Å²) in [5.74, 6) is 0.0694. The molecule has 1 aromatic carbocycles. The Balaban J connectivity index is 2.46. The number of aliphatic hydroxyl groups is 1. The van der Waals surface area contributed by atoms with Crippen molar-refractivity contribution < 1.29 is 33.7 Å². The molecule has 29 heavy (non-hydrogen) atoms. The molecule has 158 valence electrons. The number of rotatable bonds is 3. The predicted octanol–water partition coefficient (Wildman–Crippen LogP) is 4.82. The van der Waals surface area contributed by atoms with Gasteiger partial charge in [0.2, 0.25) is 0 Å². The fraction of sp³-hybridized carbons (Fsp3) is 0.429. The number of nitrogens with zero attached hydrogens (tertiary/aromatic N) is 1. The minimum atomic E-state index is -0.932. The van der Waals surface area contributed by atoms with Gasteiger partial charge in [0, 0.05) is 17.2 Å². The highest BCUT2D eigenvalue weighted by Gasteiger charge is 2.33. The number of anilines is 1. The molecule has 2 rings (SSSR count). The Kier molecular flexibility index (Phi) is 6.27. The molecule has 0 atom stereocenters. The van der Waals surface area contributed by atoms with Crippen LogP contribution in [0.1, 0.15) is 47.3 Å². The van der Waals surface area contributed by atoms with Crippen LogP contribution in [-0.2, 0) is 16.1 Å². The van der Waals surface area contributed by atoms with Crippen molar-refractivity contribution in [1.82, 2.24) is 0 Å². The number of phenolic OH excluding ortho intramolecular Hbond substituents is 1. The van der Waals surface area contributed by atoms with Crippen molar-refractivity contribution in [1.29, 1.82) is 0 Å². The third kappa shape index (κ3) is 5.74. The fourth-order valence-electron chi connectivity index (χ4n) is 2.49. The molecule has 0 bridgehead atoms. The predicted molar refractivity (Wildman–Crippen MR) is 107 cm³/mol. The fourth-order valence-corrected chi connectivity index (χ4v) is 2.49. The van der Waals surface area contributed by atoms with Crippen molar-refractivity contribution >= 4 is 17.9 Å². The Labute approximate surface area is 169 Å². The Morgan fingerprint density at radius 1 is 0.966 bits per heavy atom. The van der Waals surface area contributed by atoms with Gasteiger partial charge in [-0.1, -0.05) is 0 Å². The Bertz CT molecular complexity index is 859. The standard InChI is InChI=1S/C21H27NO7/c1-20(2,3)28-18(25)22(19(26)29-21(4,5)6)13-7-8-14(16(24)11-13)15-9-10-27-17(15)12-23/h7-11,23-24H,12H2,1-6H3. The summed E-state index contributed by atoms with van der Waals surface area (Å²) < 4.78 is 15.8. The van der Waals surface area contributed by atoms with Crippen LogP contribution in [0, 0.1) is 0 Å². The molecular weight excluding hydrogens is 378 g/mol. The van der Waals surface area contributed by atoms with Crippen LogP contribution >= 0.6 is 0 Å². The average Bonchev–Trinajstić information content (AvgIpc) is 3.00. The number of carbonyl (C=O) groups is 2. The molecule has 1 aromatic heterocycles. The quantitative estimate of drug-likeness (QED) is 0.753. The lowest BCUT2D eigenvalue weighted by Gasteiger charge is -2.28. The molecule has 8 heteroatoms. The van der Waals surface area contributed by atoms with Gasteiger partial charge >= 0.3 is 12.2 Å². The summed E-state index contributed by atoms with van der Waals surface area (Å²) >= 11 is 0. The third-order valence-corrected chi connectivity index (χ3v) is 3.57. The van der Waals surface area contributed by atoms with Crippen molar-refractivity contribution in [3.05, 3.63) is 36.3 Å². The van der Waals surface area contributed by atoms with Crippen LogP contribution in [0.5, 0.6) is 5.75 Å². The van der Waals surface area contributed by atoms with Crippen LogP contribution in [0.2, 0.25) is 0 Å². The van der Waals surface area contributed by atoms with Crippen LogP contribution in [0.4, 0.5) is 15.3 Å². The first-order valence-corrected chi connectivity index (χ1v) is 9.09. The molecule has 0 fully saturated rings. The van der Waals surface area contributed by atoms with E-state index < -0.39 is 23.4 Å². The van der Waals surface area contributed by atoms with Gasteiger partial charge < -0.3 is 24.1 Å². The number of hydrogen-bond acceptors (Lipinski definition) is 7. The van der Waals surface area contributed by atoms with Gasteiger partial charge in [0.1, 0.15) is 29.3 Å². The van der Waals surface area contributed by atoms with E-state index in [0.29, 0.717) is 11.1 Å². The minimum Gasteiger partial charge on any atom is -0.507 e. The largest absolute Gasteiger partial charge is 0.507 e. The number of imide groups is 1. The van der Waals surface area contributed by atoms with Crippen LogP contribution in [0.3, 0.4) is 0 Å². The number of carbonyl (C=O) groups excluding carboxylic acids is 2. The zero-order chi connectivity index (χ0) is 22.0.